The molecule has 0 N–H and O–H groups in total. The number of hydrogen-bond donors (Lipinski definition) is 0. The van der Waals surface area contributed by atoms with Crippen LogP contribution in [0.25, 0.3) is 66.5 Å². The first kappa shape index (κ1) is 22.1. The minimum atomic E-state index is -0.368. The summed E-state index contributed by atoms with van der Waals surface area (Å²) in [4.78, 5) is 13.4. The molecule has 0 amide bonds. The van der Waals surface area contributed by atoms with Crippen molar-refractivity contribution in [2.75, 3.05) is 0 Å². The summed E-state index contributed by atoms with van der Waals surface area (Å²) >= 11 is 2.41. The molecule has 0 spiro atoms. The Labute approximate surface area is 225 Å². The van der Waals surface area contributed by atoms with Crippen molar-refractivity contribution in [1.82, 2.24) is 4.57 Å². The number of aryl methyl sites for hydroxylation is 1. The van der Waals surface area contributed by atoms with Crippen molar-refractivity contribution in [2.45, 2.75) is 0 Å². The Morgan fingerprint density at radius 2 is 1.24 bits per heavy atom. The zero-order valence-corrected chi connectivity index (χ0v) is 22.0. The average molecular weight is 593 g/mol. The second kappa shape index (κ2) is 8.49. The van der Waals surface area contributed by atoms with E-state index in [2.05, 4.69) is 52.4 Å². The van der Waals surface area contributed by atoms with E-state index in [0.29, 0.717) is 16.9 Å². The molecule has 4 nitrogen and oxygen atoms in total. The van der Waals surface area contributed by atoms with E-state index in [1.165, 1.54) is 0 Å². The van der Waals surface area contributed by atoms with Gasteiger partial charge in [0.15, 0.2) is 5.76 Å². The van der Waals surface area contributed by atoms with E-state index in [1.54, 1.807) is 0 Å². The van der Waals surface area contributed by atoms with Crippen molar-refractivity contribution in [3.05, 3.63) is 117 Å². The van der Waals surface area contributed by atoms with Crippen LogP contribution in [-0.2, 0) is 7.05 Å². The standard InChI is InChI=1S/C32H20INO3/c1-34-24-17-9-7-15-22(24)28(33)29(34)26-20-13-5-6-14-21(20)32(35)37-31(26)27-23-16-8-10-18-25(23)36-30(27)19-11-3-2-4-12-19/h2-18H,1H3. The van der Waals surface area contributed by atoms with Crippen LogP contribution in [0, 0.1) is 3.57 Å². The van der Waals surface area contributed by atoms with E-state index >= 15 is 0 Å². The summed E-state index contributed by atoms with van der Waals surface area (Å²) in [5.74, 6) is 1.19. The van der Waals surface area contributed by atoms with Gasteiger partial charge in [-0.3, -0.25) is 0 Å². The van der Waals surface area contributed by atoms with Gasteiger partial charge in [0.25, 0.3) is 0 Å². The third kappa shape index (κ3) is 3.30. The van der Waals surface area contributed by atoms with Gasteiger partial charge in [0.2, 0.25) is 0 Å². The molecule has 0 atom stereocenters. The topological polar surface area (TPSA) is 48.3 Å². The number of halogens is 1. The predicted octanol–water partition coefficient (Wildman–Crippen LogP) is 8.64. The van der Waals surface area contributed by atoms with Gasteiger partial charge in [-0.25, -0.2) is 4.79 Å². The molecule has 0 unspecified atom stereocenters. The van der Waals surface area contributed by atoms with Gasteiger partial charge in [0.05, 0.1) is 22.2 Å². The SMILES string of the molecule is Cn1c(-c2c(-c3c(-c4ccccc4)oc4ccccc34)oc(=O)c3ccccc23)c(I)c2ccccc21. The number of rotatable bonds is 3. The molecule has 0 saturated heterocycles. The van der Waals surface area contributed by atoms with Gasteiger partial charge in [-0.15, -0.1) is 0 Å². The highest BCUT2D eigenvalue weighted by molar-refractivity contribution is 14.1. The maximum atomic E-state index is 13.4. The molecule has 0 saturated carbocycles. The molecule has 37 heavy (non-hydrogen) atoms. The van der Waals surface area contributed by atoms with E-state index in [0.717, 1.165) is 53.2 Å². The summed E-state index contributed by atoms with van der Waals surface area (Å²) in [5, 5.41) is 3.45. The van der Waals surface area contributed by atoms with Gasteiger partial charge in [0, 0.05) is 37.9 Å². The first-order valence-electron chi connectivity index (χ1n) is 12.0. The van der Waals surface area contributed by atoms with Crippen LogP contribution < -0.4 is 5.63 Å². The molecular formula is C32H20INO3. The summed E-state index contributed by atoms with van der Waals surface area (Å²) in [6, 6.07) is 33.9. The average Bonchev–Trinajstić information content (AvgIpc) is 3.45. The monoisotopic (exact) mass is 593 g/mol. The number of para-hydroxylation sites is 2. The lowest BCUT2D eigenvalue weighted by atomic mass is 9.95. The van der Waals surface area contributed by atoms with Gasteiger partial charge < -0.3 is 13.4 Å². The van der Waals surface area contributed by atoms with Crippen LogP contribution in [0.1, 0.15) is 0 Å². The van der Waals surface area contributed by atoms with Crippen LogP contribution in [0.15, 0.2) is 117 Å². The minimum Gasteiger partial charge on any atom is -0.455 e. The normalized spacial score (nSPS) is 11.6. The Morgan fingerprint density at radius 3 is 2.00 bits per heavy atom. The predicted molar refractivity (Wildman–Crippen MR) is 158 cm³/mol. The van der Waals surface area contributed by atoms with Crippen molar-refractivity contribution < 1.29 is 8.83 Å². The zero-order chi connectivity index (χ0) is 25.1. The number of hydrogen-bond acceptors (Lipinski definition) is 3. The lowest BCUT2D eigenvalue weighted by Crippen LogP contribution is -2.05. The van der Waals surface area contributed by atoms with Gasteiger partial charge >= 0.3 is 5.63 Å². The fourth-order valence-electron chi connectivity index (χ4n) is 5.30. The van der Waals surface area contributed by atoms with Gasteiger partial charge in [-0.1, -0.05) is 84.9 Å². The highest BCUT2D eigenvalue weighted by Gasteiger charge is 2.28. The molecule has 5 heteroatoms. The van der Waals surface area contributed by atoms with Crippen LogP contribution in [0.4, 0.5) is 0 Å². The van der Waals surface area contributed by atoms with Crippen molar-refractivity contribution >= 4 is 55.2 Å². The molecule has 7 rings (SSSR count). The molecule has 7 aromatic rings. The Hall–Kier alpha value is -4.10. The molecule has 3 aromatic heterocycles. The smallest absolute Gasteiger partial charge is 0.344 e. The van der Waals surface area contributed by atoms with Crippen molar-refractivity contribution in [1.29, 1.82) is 0 Å². The van der Waals surface area contributed by atoms with Gasteiger partial charge in [-0.2, -0.15) is 0 Å². The molecule has 178 valence electrons. The number of benzene rings is 4. The second-order valence-electron chi connectivity index (χ2n) is 9.05. The van der Waals surface area contributed by atoms with Crippen LogP contribution in [-0.4, -0.2) is 4.57 Å². The van der Waals surface area contributed by atoms with E-state index in [1.807, 2.05) is 84.9 Å². The van der Waals surface area contributed by atoms with E-state index < -0.39 is 0 Å². The number of furan rings is 1. The third-order valence-electron chi connectivity index (χ3n) is 6.98. The fraction of sp³-hybridized carbons (Fsp3) is 0.0312. The lowest BCUT2D eigenvalue weighted by molar-refractivity contribution is 0.534. The third-order valence-corrected chi connectivity index (χ3v) is 8.07. The van der Waals surface area contributed by atoms with Gasteiger partial charge in [0.1, 0.15) is 11.3 Å². The van der Waals surface area contributed by atoms with Crippen LogP contribution in [0.2, 0.25) is 0 Å². The number of aromatic nitrogens is 1. The molecule has 0 radical (unpaired) electrons. The molecule has 0 bridgehead atoms. The Morgan fingerprint density at radius 1 is 0.622 bits per heavy atom. The summed E-state index contributed by atoms with van der Waals surface area (Å²) in [6.45, 7) is 0. The molecule has 0 aliphatic carbocycles. The van der Waals surface area contributed by atoms with Crippen LogP contribution >= 0.6 is 22.6 Å². The quantitative estimate of drug-likeness (QED) is 0.193. The highest BCUT2D eigenvalue weighted by atomic mass is 127. The lowest BCUT2D eigenvalue weighted by Gasteiger charge is -2.14. The Bertz CT molecular complexity index is 1990. The summed E-state index contributed by atoms with van der Waals surface area (Å²) < 4.78 is 16.0. The fourth-order valence-corrected chi connectivity index (χ4v) is 6.39. The number of fused-ring (bicyclic) bond motifs is 3. The van der Waals surface area contributed by atoms with E-state index in [9.17, 15) is 4.79 Å². The van der Waals surface area contributed by atoms with E-state index in [4.69, 9.17) is 8.83 Å². The maximum Gasteiger partial charge on any atom is 0.344 e. The summed E-state index contributed by atoms with van der Waals surface area (Å²) in [6.07, 6.45) is 0. The number of nitrogens with zero attached hydrogens (tertiary/aromatic N) is 1. The van der Waals surface area contributed by atoms with Crippen molar-refractivity contribution in [2.24, 2.45) is 7.05 Å². The Kier molecular flexibility index (Phi) is 5.08. The highest BCUT2D eigenvalue weighted by Crippen LogP contribution is 2.47. The van der Waals surface area contributed by atoms with E-state index in [-0.39, 0.29) is 5.63 Å². The first-order valence-corrected chi connectivity index (χ1v) is 13.1. The summed E-state index contributed by atoms with van der Waals surface area (Å²) in [7, 11) is 2.06. The van der Waals surface area contributed by atoms with Crippen LogP contribution in [0.3, 0.4) is 0 Å². The minimum absolute atomic E-state index is 0.368. The van der Waals surface area contributed by atoms with Gasteiger partial charge in [-0.05, 0) is 40.8 Å². The molecule has 0 fully saturated rings. The van der Waals surface area contributed by atoms with Crippen LogP contribution in [0.5, 0.6) is 0 Å². The first-order chi connectivity index (χ1) is 18.1. The molecular weight excluding hydrogens is 573 g/mol. The molecule has 0 aliphatic heterocycles. The van der Waals surface area contributed by atoms with Crippen molar-refractivity contribution in [3.8, 4) is 33.9 Å². The second-order valence-corrected chi connectivity index (χ2v) is 10.1. The Balaban J connectivity index is 1.70. The summed E-state index contributed by atoms with van der Waals surface area (Å²) in [5.41, 5.74) is 5.06. The largest absolute Gasteiger partial charge is 0.455 e. The molecule has 0 aliphatic rings. The van der Waals surface area contributed by atoms with Crippen molar-refractivity contribution in [3.63, 3.8) is 0 Å². The maximum absolute atomic E-state index is 13.4. The zero-order valence-electron chi connectivity index (χ0n) is 19.9. The molecule has 4 aromatic carbocycles. The molecule has 3 heterocycles.